The third-order valence-electron chi connectivity index (χ3n) is 5.24. The molecule has 4 rings (SSSR count). The van der Waals surface area contributed by atoms with Crippen molar-refractivity contribution in [1.29, 1.82) is 0 Å². The summed E-state index contributed by atoms with van der Waals surface area (Å²) < 4.78 is 19.9. The summed E-state index contributed by atoms with van der Waals surface area (Å²) >= 11 is 0. The summed E-state index contributed by atoms with van der Waals surface area (Å²) in [6, 6.07) is 16.5. The lowest BCUT2D eigenvalue weighted by atomic mass is 10.1. The number of anilines is 1. The minimum absolute atomic E-state index is 0.0453. The van der Waals surface area contributed by atoms with Crippen LogP contribution < -0.4 is 5.32 Å². The Bertz CT molecular complexity index is 1380. The average Bonchev–Trinajstić information content (AvgIpc) is 3.17. The van der Waals surface area contributed by atoms with E-state index in [1.54, 1.807) is 35.9 Å². The number of carbonyl (C=O) groups excluding carboxylic acids is 3. The van der Waals surface area contributed by atoms with Gasteiger partial charge in [-0.25, -0.2) is 9.18 Å². The van der Waals surface area contributed by atoms with Crippen LogP contribution in [0.1, 0.15) is 33.2 Å². The first-order valence-corrected chi connectivity index (χ1v) is 10.5. The van der Waals surface area contributed by atoms with Crippen molar-refractivity contribution in [2.24, 2.45) is 0 Å². The van der Waals surface area contributed by atoms with E-state index in [0.29, 0.717) is 28.7 Å². The molecular weight excluding hydrogens is 439 g/mol. The highest BCUT2D eigenvalue weighted by Crippen LogP contribution is 2.27. The van der Waals surface area contributed by atoms with E-state index in [2.05, 4.69) is 5.32 Å². The number of benzene rings is 3. The number of aromatic nitrogens is 1. The van der Waals surface area contributed by atoms with Crippen LogP contribution in [0.4, 0.5) is 10.1 Å². The molecule has 2 N–H and O–H groups in total. The molecule has 0 bridgehead atoms. The van der Waals surface area contributed by atoms with Crippen molar-refractivity contribution in [3.05, 3.63) is 95.4 Å². The number of aromatic hydroxyl groups is 1. The summed E-state index contributed by atoms with van der Waals surface area (Å²) in [4.78, 5) is 37.5. The molecule has 0 radical (unpaired) electrons. The maximum absolute atomic E-state index is 13.3. The van der Waals surface area contributed by atoms with E-state index in [1.807, 2.05) is 0 Å². The van der Waals surface area contributed by atoms with Crippen LogP contribution in [0.3, 0.4) is 0 Å². The largest absolute Gasteiger partial charge is 0.508 e. The van der Waals surface area contributed by atoms with Crippen LogP contribution in [0.2, 0.25) is 0 Å². The Morgan fingerprint density at radius 2 is 1.71 bits per heavy atom. The van der Waals surface area contributed by atoms with Gasteiger partial charge >= 0.3 is 5.97 Å². The number of hydrogen-bond acceptors (Lipinski definition) is 5. The third-order valence-corrected chi connectivity index (χ3v) is 5.24. The number of phenols is 1. The second kappa shape index (κ2) is 9.58. The molecule has 3 aromatic carbocycles. The van der Waals surface area contributed by atoms with Crippen LogP contribution in [0.25, 0.3) is 10.9 Å². The van der Waals surface area contributed by atoms with Crippen LogP contribution in [0.15, 0.2) is 72.9 Å². The van der Waals surface area contributed by atoms with Crippen LogP contribution in [0, 0.1) is 5.82 Å². The number of amides is 1. The fraction of sp³-hybridized carbons (Fsp3) is 0.115. The molecular formula is C26H21FN2O5. The number of rotatable bonds is 7. The first-order chi connectivity index (χ1) is 16.4. The number of Topliss-reactive ketones (excluding diaryl/α,β-unsaturated/α-hetero) is 1. The Labute approximate surface area is 194 Å². The lowest BCUT2D eigenvalue weighted by Gasteiger charge is -2.06. The van der Waals surface area contributed by atoms with Gasteiger partial charge in [0.15, 0.2) is 0 Å². The van der Waals surface area contributed by atoms with Crippen LogP contribution in [-0.2, 0) is 16.1 Å². The van der Waals surface area contributed by atoms with Gasteiger partial charge in [0, 0.05) is 29.3 Å². The van der Waals surface area contributed by atoms with Gasteiger partial charge in [-0.15, -0.1) is 0 Å². The monoisotopic (exact) mass is 460 g/mol. The molecule has 172 valence electrons. The summed E-state index contributed by atoms with van der Waals surface area (Å²) in [6.45, 7) is 2.29. The van der Waals surface area contributed by atoms with Crippen molar-refractivity contribution in [3.8, 4) is 5.75 Å². The molecule has 0 fully saturated rings. The number of phenolic OH excluding ortho intramolecular Hbond substituents is 1. The van der Waals surface area contributed by atoms with Crippen molar-refractivity contribution in [2.75, 3.05) is 11.9 Å². The highest BCUT2D eigenvalue weighted by atomic mass is 19.1. The van der Waals surface area contributed by atoms with Gasteiger partial charge in [0.05, 0.1) is 17.7 Å². The summed E-state index contributed by atoms with van der Waals surface area (Å²) in [5.41, 5.74) is 2.22. The minimum atomic E-state index is -0.868. The van der Waals surface area contributed by atoms with Crippen LogP contribution in [0.5, 0.6) is 5.75 Å². The molecule has 0 aliphatic carbocycles. The second-order valence-electron chi connectivity index (χ2n) is 7.58. The Morgan fingerprint density at radius 1 is 1.00 bits per heavy atom. The maximum atomic E-state index is 13.3. The van der Waals surface area contributed by atoms with Gasteiger partial charge < -0.3 is 19.7 Å². The summed E-state index contributed by atoms with van der Waals surface area (Å²) in [6.07, 6.45) is 1.54. The number of nitrogens with zero attached hydrogens (tertiary/aromatic N) is 1. The molecule has 1 amide bonds. The smallest absolute Gasteiger partial charge is 0.338 e. The highest BCUT2D eigenvalue weighted by molar-refractivity contribution is 6.48. The number of ketones is 1. The molecule has 0 aliphatic rings. The fourth-order valence-corrected chi connectivity index (χ4v) is 3.60. The van der Waals surface area contributed by atoms with E-state index in [0.717, 1.165) is 5.56 Å². The third kappa shape index (κ3) is 4.80. The van der Waals surface area contributed by atoms with Gasteiger partial charge in [0.2, 0.25) is 0 Å². The van der Waals surface area contributed by atoms with E-state index in [9.17, 15) is 23.9 Å². The minimum Gasteiger partial charge on any atom is -0.508 e. The number of nitrogens with one attached hydrogen (secondary N) is 1. The van der Waals surface area contributed by atoms with E-state index in [4.69, 9.17) is 4.74 Å². The van der Waals surface area contributed by atoms with Crippen molar-refractivity contribution < 1.29 is 28.6 Å². The number of esters is 1. The topological polar surface area (TPSA) is 97.6 Å². The maximum Gasteiger partial charge on any atom is 0.338 e. The fourth-order valence-electron chi connectivity index (χ4n) is 3.60. The molecule has 34 heavy (non-hydrogen) atoms. The Hall–Kier alpha value is -4.46. The summed E-state index contributed by atoms with van der Waals surface area (Å²) in [5, 5.41) is 12.9. The quantitative estimate of drug-likeness (QED) is 0.240. The zero-order valence-corrected chi connectivity index (χ0v) is 18.2. The molecule has 8 heteroatoms. The molecule has 0 aliphatic heterocycles. The molecule has 1 aromatic heterocycles. The Morgan fingerprint density at radius 3 is 2.38 bits per heavy atom. The van der Waals surface area contributed by atoms with E-state index < -0.39 is 17.7 Å². The summed E-state index contributed by atoms with van der Waals surface area (Å²) in [7, 11) is 0. The zero-order valence-electron chi connectivity index (χ0n) is 18.2. The highest BCUT2D eigenvalue weighted by Gasteiger charge is 2.22. The number of carbonyl (C=O) groups is 3. The van der Waals surface area contributed by atoms with Gasteiger partial charge in [-0.3, -0.25) is 9.59 Å². The SMILES string of the molecule is CCOC(=O)c1ccc(NC(=O)C(=O)c2cn(Cc3ccc(F)cc3)c3ccc(O)cc23)cc1. The number of halogens is 1. The normalized spacial score (nSPS) is 10.8. The van der Waals surface area contributed by atoms with Crippen molar-refractivity contribution in [3.63, 3.8) is 0 Å². The zero-order chi connectivity index (χ0) is 24.2. The molecule has 0 spiro atoms. The molecule has 7 nitrogen and oxygen atoms in total. The number of hydrogen-bond donors (Lipinski definition) is 2. The molecule has 0 unspecified atom stereocenters. The van der Waals surface area contributed by atoms with Crippen LogP contribution >= 0.6 is 0 Å². The van der Waals surface area contributed by atoms with Gasteiger partial charge in [-0.05, 0) is 67.1 Å². The standard InChI is InChI=1S/C26H21FN2O5/c1-2-34-26(33)17-5-9-19(10-6-17)28-25(32)24(31)22-15-29(14-16-3-7-18(27)8-4-16)23-12-11-20(30)13-21(22)23/h3-13,15,30H,2,14H2,1H3,(H,28,32). The molecule has 0 saturated heterocycles. The van der Waals surface area contributed by atoms with Gasteiger partial charge in [0.1, 0.15) is 11.6 Å². The van der Waals surface area contributed by atoms with Crippen molar-refractivity contribution >= 4 is 34.3 Å². The van der Waals surface area contributed by atoms with E-state index in [1.165, 1.54) is 48.5 Å². The second-order valence-corrected chi connectivity index (χ2v) is 7.58. The Kier molecular flexibility index (Phi) is 6.40. The average molecular weight is 460 g/mol. The van der Waals surface area contributed by atoms with Crippen LogP contribution in [-0.4, -0.2) is 33.9 Å². The molecule has 4 aromatic rings. The lowest BCUT2D eigenvalue weighted by Crippen LogP contribution is -2.22. The first kappa shape index (κ1) is 22.7. The van der Waals surface area contributed by atoms with E-state index >= 15 is 0 Å². The molecule has 1 heterocycles. The van der Waals surface area contributed by atoms with Gasteiger partial charge in [-0.1, -0.05) is 12.1 Å². The lowest BCUT2D eigenvalue weighted by molar-refractivity contribution is -0.112. The van der Waals surface area contributed by atoms with E-state index in [-0.39, 0.29) is 23.7 Å². The number of ether oxygens (including phenoxy) is 1. The van der Waals surface area contributed by atoms with Crippen molar-refractivity contribution in [2.45, 2.75) is 13.5 Å². The predicted molar refractivity (Wildman–Crippen MR) is 124 cm³/mol. The van der Waals surface area contributed by atoms with Gasteiger partial charge in [-0.2, -0.15) is 0 Å². The van der Waals surface area contributed by atoms with Crippen molar-refractivity contribution in [1.82, 2.24) is 4.57 Å². The van der Waals surface area contributed by atoms with Gasteiger partial charge in [0.25, 0.3) is 11.7 Å². The Balaban J connectivity index is 1.59. The molecule has 0 atom stereocenters. The summed E-state index contributed by atoms with van der Waals surface area (Å²) in [5.74, 6) is -2.54. The first-order valence-electron chi connectivity index (χ1n) is 10.5. The number of fused-ring (bicyclic) bond motifs is 1. The predicted octanol–water partition coefficient (Wildman–Crippen LogP) is 4.53. The molecule has 0 saturated carbocycles.